The molecule has 1 atom stereocenters. The Bertz CT molecular complexity index is 1580. The van der Waals surface area contributed by atoms with Crippen LogP contribution in [-0.2, 0) is 13.1 Å². The van der Waals surface area contributed by atoms with Crippen LogP contribution in [0.1, 0.15) is 64.7 Å². The van der Waals surface area contributed by atoms with Crippen LogP contribution in [0.3, 0.4) is 0 Å². The Balaban J connectivity index is 0.000000156. The first-order valence-electron chi connectivity index (χ1n) is 12.8. The average molecular weight is 656 g/mol. The highest BCUT2D eigenvalue weighted by Gasteiger charge is 2.25. The van der Waals surface area contributed by atoms with Crippen molar-refractivity contribution in [2.75, 3.05) is 0 Å². The van der Waals surface area contributed by atoms with Crippen molar-refractivity contribution in [1.82, 2.24) is 29.5 Å². The molecule has 4 heterocycles. The lowest BCUT2D eigenvalue weighted by Gasteiger charge is -2.10. The van der Waals surface area contributed by atoms with Gasteiger partial charge in [0.05, 0.1) is 10.0 Å². The highest BCUT2D eigenvalue weighted by molar-refractivity contribution is 9.10. The maximum absolute atomic E-state index is 10.4. The third-order valence-corrected chi connectivity index (χ3v) is 7.51. The van der Waals surface area contributed by atoms with Crippen LogP contribution in [0.4, 0.5) is 0 Å². The minimum atomic E-state index is -0.987. The van der Waals surface area contributed by atoms with Crippen molar-refractivity contribution in [2.45, 2.75) is 44.9 Å². The minimum Gasteiger partial charge on any atom is -0.383 e. The summed E-state index contributed by atoms with van der Waals surface area (Å²) in [6, 6.07) is 10.7. The molecule has 6 rings (SSSR count). The van der Waals surface area contributed by atoms with E-state index in [0.717, 1.165) is 23.5 Å². The number of aliphatic hydroxyl groups excluding tert-OH is 1. The second kappa shape index (κ2) is 14.3. The number of nitriles is 2. The van der Waals surface area contributed by atoms with E-state index >= 15 is 0 Å². The van der Waals surface area contributed by atoms with Crippen LogP contribution in [0.15, 0.2) is 53.5 Å². The number of hydrogen-bond donors (Lipinski definition) is 1. The highest BCUT2D eigenvalue weighted by Crippen LogP contribution is 2.33. The molecule has 1 unspecified atom stereocenters. The summed E-state index contributed by atoms with van der Waals surface area (Å²) in [6.07, 6.45) is 11.4. The number of carbonyl (C=O) groups is 1. The Hall–Kier alpha value is -3.61. The van der Waals surface area contributed by atoms with Gasteiger partial charge >= 0.3 is 0 Å². The Morgan fingerprint density at radius 2 is 1.49 bits per heavy atom. The Morgan fingerprint density at radius 1 is 0.927 bits per heavy atom. The van der Waals surface area contributed by atoms with Gasteiger partial charge in [0.25, 0.3) is 0 Å². The highest BCUT2D eigenvalue weighted by atomic mass is 79.9. The van der Waals surface area contributed by atoms with Crippen LogP contribution in [0.2, 0.25) is 10.3 Å². The number of aldehydes is 1. The molecule has 2 aliphatic rings. The van der Waals surface area contributed by atoms with Gasteiger partial charge in [-0.15, -0.1) is 0 Å². The van der Waals surface area contributed by atoms with Crippen molar-refractivity contribution in [3.05, 3.63) is 91.9 Å². The van der Waals surface area contributed by atoms with Gasteiger partial charge in [0.15, 0.2) is 17.7 Å². The molecule has 13 heteroatoms. The lowest BCUT2D eigenvalue weighted by Crippen LogP contribution is -2.02. The van der Waals surface area contributed by atoms with Gasteiger partial charge < -0.3 is 5.11 Å². The molecule has 4 aromatic heterocycles. The molecule has 4 aromatic rings. The fourth-order valence-electron chi connectivity index (χ4n) is 3.77. The zero-order valence-corrected chi connectivity index (χ0v) is 24.8. The molecule has 0 aliphatic heterocycles. The molecule has 41 heavy (non-hydrogen) atoms. The number of rotatable bonds is 7. The quantitative estimate of drug-likeness (QED) is 0.195. The molecule has 0 spiro atoms. The normalized spacial score (nSPS) is 14.4. The lowest BCUT2D eigenvalue weighted by molar-refractivity contribution is 0.112. The van der Waals surface area contributed by atoms with Crippen molar-refractivity contribution < 1.29 is 9.90 Å². The first-order chi connectivity index (χ1) is 19.8. The lowest BCUT2D eigenvalue weighted by atomic mass is 10.0. The maximum atomic E-state index is 10.4. The van der Waals surface area contributed by atoms with Crippen LogP contribution in [0.25, 0.3) is 0 Å². The zero-order valence-electron chi connectivity index (χ0n) is 21.7. The van der Waals surface area contributed by atoms with Gasteiger partial charge in [-0.1, -0.05) is 29.3 Å². The first-order valence-corrected chi connectivity index (χ1v) is 14.3. The number of aliphatic hydroxyl groups is 1. The number of hydrogen-bond acceptors (Lipinski definition) is 8. The predicted molar refractivity (Wildman–Crippen MR) is 155 cm³/mol. The summed E-state index contributed by atoms with van der Waals surface area (Å²) in [5.41, 5.74) is 2.10. The van der Waals surface area contributed by atoms with E-state index in [9.17, 15) is 9.90 Å². The molecule has 0 bridgehead atoms. The molecule has 0 radical (unpaired) electrons. The summed E-state index contributed by atoms with van der Waals surface area (Å²) in [5, 5.41) is 37.0. The summed E-state index contributed by atoms with van der Waals surface area (Å²) in [5.74, 6) is 1.44. The topological polar surface area (TPSA) is 146 Å². The smallest absolute Gasteiger partial charge is 0.176 e. The third kappa shape index (κ3) is 8.69. The number of pyridine rings is 2. The van der Waals surface area contributed by atoms with Crippen molar-refractivity contribution in [2.24, 2.45) is 11.8 Å². The molecular weight excluding hydrogens is 631 g/mol. The molecule has 0 aromatic carbocycles. The van der Waals surface area contributed by atoms with E-state index in [1.807, 2.05) is 23.0 Å². The molecular formula is C28H25BrCl2N8O2. The average Bonchev–Trinajstić information content (AvgIpc) is 3.90. The summed E-state index contributed by atoms with van der Waals surface area (Å²) in [4.78, 5) is 17.7. The van der Waals surface area contributed by atoms with E-state index in [-0.39, 0.29) is 16.0 Å². The summed E-state index contributed by atoms with van der Waals surface area (Å²) in [7, 11) is 0. The fourth-order valence-corrected chi connectivity index (χ4v) is 4.56. The van der Waals surface area contributed by atoms with E-state index in [1.54, 1.807) is 41.3 Å². The Kier molecular flexibility index (Phi) is 10.6. The van der Waals surface area contributed by atoms with Crippen LogP contribution in [0, 0.1) is 34.5 Å². The van der Waals surface area contributed by atoms with Crippen molar-refractivity contribution in [3.8, 4) is 12.1 Å². The predicted octanol–water partition coefficient (Wildman–Crippen LogP) is 5.77. The molecule has 1 N–H and O–H groups in total. The summed E-state index contributed by atoms with van der Waals surface area (Å²) < 4.78 is 4.38. The molecule has 210 valence electrons. The van der Waals surface area contributed by atoms with Gasteiger partial charge in [0, 0.05) is 49.0 Å². The zero-order chi connectivity index (χ0) is 29.4. The molecule has 10 nitrogen and oxygen atoms in total. The standard InChI is InChI=1S/C14H13ClN4O.C8H8BrN3.C6H4ClNO/c15-14-10(2-1-5-17-14)13(20)11-8-19(7-9-3-4-9)18-12(11)6-16;9-7-5-12(4-6-1-2-6)11-8(7)3-10;7-6-5(4-9)2-1-3-8-6/h1-2,5,8-9,13,20H,3-4,7H2;5-6H,1-2,4H2;1-4H. The van der Waals surface area contributed by atoms with E-state index < -0.39 is 6.10 Å². The van der Waals surface area contributed by atoms with E-state index in [2.05, 4.69) is 36.1 Å². The van der Waals surface area contributed by atoms with E-state index in [0.29, 0.717) is 34.6 Å². The maximum Gasteiger partial charge on any atom is 0.176 e. The van der Waals surface area contributed by atoms with Crippen molar-refractivity contribution >= 4 is 45.4 Å². The Morgan fingerprint density at radius 3 is 1.98 bits per heavy atom. The van der Waals surface area contributed by atoms with E-state index in [4.69, 9.17) is 33.7 Å². The molecule has 2 aliphatic carbocycles. The first kappa shape index (κ1) is 30.4. The summed E-state index contributed by atoms with van der Waals surface area (Å²) in [6.45, 7) is 1.75. The van der Waals surface area contributed by atoms with Gasteiger partial charge in [0.2, 0.25) is 0 Å². The van der Waals surface area contributed by atoms with Crippen LogP contribution >= 0.6 is 39.1 Å². The van der Waals surface area contributed by atoms with Gasteiger partial charge in [-0.05, 0) is 71.6 Å². The SMILES string of the molecule is N#Cc1nn(CC2CC2)cc1Br.N#Cc1nn(CC2CC2)cc1C(O)c1cccnc1Cl.O=Cc1cccnc1Cl. The van der Waals surface area contributed by atoms with Gasteiger partial charge in [-0.3, -0.25) is 14.2 Å². The second-order valence-corrected chi connectivity index (χ2v) is 11.2. The Labute approximate surface area is 255 Å². The van der Waals surface area contributed by atoms with Crippen molar-refractivity contribution in [1.29, 1.82) is 10.5 Å². The molecule has 0 saturated heterocycles. The van der Waals surface area contributed by atoms with Crippen molar-refractivity contribution in [3.63, 3.8) is 0 Å². The molecule has 0 amide bonds. The monoisotopic (exact) mass is 654 g/mol. The number of aromatic nitrogens is 6. The van der Waals surface area contributed by atoms with Gasteiger partial charge in [-0.2, -0.15) is 20.7 Å². The fraction of sp³-hybridized carbons (Fsp3) is 0.321. The number of nitrogens with zero attached hydrogens (tertiary/aromatic N) is 8. The van der Waals surface area contributed by atoms with Gasteiger partial charge in [-0.25, -0.2) is 9.97 Å². The number of halogens is 3. The molecule has 2 saturated carbocycles. The van der Waals surface area contributed by atoms with Crippen LogP contribution in [-0.4, -0.2) is 40.9 Å². The third-order valence-electron chi connectivity index (χ3n) is 6.30. The summed E-state index contributed by atoms with van der Waals surface area (Å²) >= 11 is 14.7. The molecule has 2 fully saturated rings. The minimum absolute atomic E-state index is 0.234. The largest absolute Gasteiger partial charge is 0.383 e. The van der Waals surface area contributed by atoms with E-state index in [1.165, 1.54) is 31.9 Å². The number of carbonyl (C=O) groups excluding carboxylic acids is 1. The van der Waals surface area contributed by atoms with Gasteiger partial charge in [0.1, 0.15) is 28.5 Å². The second-order valence-electron chi connectivity index (χ2n) is 9.60. The van der Waals surface area contributed by atoms with Crippen LogP contribution in [0.5, 0.6) is 0 Å². The van der Waals surface area contributed by atoms with Crippen LogP contribution < -0.4 is 0 Å².